The van der Waals surface area contributed by atoms with Crippen molar-refractivity contribution in [3.63, 3.8) is 0 Å². The fraction of sp³-hybridized carbons (Fsp3) is 0.214. The summed E-state index contributed by atoms with van der Waals surface area (Å²) in [6, 6.07) is 5.61. The second kappa shape index (κ2) is 5.24. The summed E-state index contributed by atoms with van der Waals surface area (Å²) in [5.41, 5.74) is 4.81. The van der Waals surface area contributed by atoms with Crippen molar-refractivity contribution in [2.45, 2.75) is 11.8 Å². The predicted octanol–water partition coefficient (Wildman–Crippen LogP) is 0.653. The van der Waals surface area contributed by atoms with Gasteiger partial charge in [-0.1, -0.05) is 18.2 Å². The summed E-state index contributed by atoms with van der Waals surface area (Å²) in [7, 11) is 1.51. The zero-order valence-electron chi connectivity index (χ0n) is 10.9. The molecular weight excluding hydrogens is 261 g/mol. The molecule has 6 heteroatoms. The minimum absolute atomic E-state index is 0.117. The summed E-state index contributed by atoms with van der Waals surface area (Å²) >= 11 is 0. The normalized spacial score (nSPS) is 21.2. The lowest BCUT2D eigenvalue weighted by Crippen LogP contribution is -2.45. The van der Waals surface area contributed by atoms with E-state index in [9.17, 15) is 14.0 Å². The van der Waals surface area contributed by atoms with Crippen LogP contribution < -0.4 is 11.1 Å². The number of rotatable bonds is 3. The van der Waals surface area contributed by atoms with E-state index in [0.717, 1.165) is 0 Å². The van der Waals surface area contributed by atoms with Crippen LogP contribution in [0.25, 0.3) is 0 Å². The number of hydrogen-bond donors (Lipinski definition) is 2. The lowest BCUT2D eigenvalue weighted by atomic mass is 9.76. The average molecular weight is 275 g/mol. The largest absolute Gasteiger partial charge is 0.364 e. The monoisotopic (exact) mass is 275 g/mol. The van der Waals surface area contributed by atoms with Crippen molar-refractivity contribution in [2.75, 3.05) is 7.05 Å². The van der Waals surface area contributed by atoms with E-state index in [-0.39, 0.29) is 23.8 Å². The smallest absolute Gasteiger partial charge is 0.266 e. The van der Waals surface area contributed by atoms with Gasteiger partial charge >= 0.3 is 0 Å². The van der Waals surface area contributed by atoms with E-state index in [1.165, 1.54) is 43.6 Å². The number of primary amides is 1. The van der Waals surface area contributed by atoms with Crippen LogP contribution in [0, 0.1) is 5.82 Å². The predicted molar refractivity (Wildman–Crippen MR) is 72.5 cm³/mol. The Balaban J connectivity index is 2.45. The highest BCUT2D eigenvalue weighted by molar-refractivity contribution is 6.07. The summed E-state index contributed by atoms with van der Waals surface area (Å²) in [6.07, 6.45) is 3.14. The number of aliphatic imine (C=N–C) groups is 1. The summed E-state index contributed by atoms with van der Waals surface area (Å²) in [4.78, 5) is 27.2. The minimum Gasteiger partial charge on any atom is -0.364 e. The Kier molecular flexibility index (Phi) is 3.65. The first kappa shape index (κ1) is 13.9. The van der Waals surface area contributed by atoms with E-state index in [4.69, 9.17) is 5.73 Å². The van der Waals surface area contributed by atoms with Gasteiger partial charge in [-0.25, -0.2) is 4.39 Å². The first-order chi connectivity index (χ1) is 9.49. The zero-order chi connectivity index (χ0) is 14.8. The number of benzene rings is 1. The molecule has 1 atom stereocenters. The molecule has 0 fully saturated rings. The third-order valence-electron chi connectivity index (χ3n) is 3.29. The van der Waals surface area contributed by atoms with E-state index < -0.39 is 11.3 Å². The highest BCUT2D eigenvalue weighted by Gasteiger charge is 2.39. The van der Waals surface area contributed by atoms with Gasteiger partial charge in [-0.15, -0.1) is 0 Å². The molecule has 1 aromatic rings. The topological polar surface area (TPSA) is 84.6 Å². The second-order valence-corrected chi connectivity index (χ2v) is 4.47. The van der Waals surface area contributed by atoms with Crippen LogP contribution in [0.5, 0.6) is 0 Å². The molecule has 20 heavy (non-hydrogen) atoms. The maximum atomic E-state index is 13.0. The Morgan fingerprint density at radius 3 is 2.45 bits per heavy atom. The molecule has 3 N–H and O–H groups in total. The van der Waals surface area contributed by atoms with Crippen molar-refractivity contribution < 1.29 is 14.0 Å². The van der Waals surface area contributed by atoms with Gasteiger partial charge in [0.2, 0.25) is 5.91 Å². The summed E-state index contributed by atoms with van der Waals surface area (Å²) in [5, 5.41) is 2.56. The molecule has 2 rings (SSSR count). The van der Waals surface area contributed by atoms with Gasteiger partial charge < -0.3 is 11.1 Å². The zero-order valence-corrected chi connectivity index (χ0v) is 10.9. The van der Waals surface area contributed by atoms with Gasteiger partial charge in [0.1, 0.15) is 16.9 Å². The summed E-state index contributed by atoms with van der Waals surface area (Å²) in [6.45, 7) is 0. The van der Waals surface area contributed by atoms with Crippen LogP contribution in [0.15, 0.2) is 41.0 Å². The van der Waals surface area contributed by atoms with Crippen LogP contribution in [0.4, 0.5) is 4.39 Å². The number of nitrogens with zero attached hydrogens (tertiary/aromatic N) is 1. The molecule has 5 nitrogen and oxygen atoms in total. The molecule has 0 radical (unpaired) electrons. The van der Waals surface area contributed by atoms with E-state index >= 15 is 0 Å². The molecule has 1 aliphatic rings. The van der Waals surface area contributed by atoms with Gasteiger partial charge in [0, 0.05) is 13.3 Å². The fourth-order valence-electron chi connectivity index (χ4n) is 2.15. The SMILES string of the molecule is CNC(=O)C1(c2ccc(F)cc2)C=NC(C(N)=O)=CC1. The lowest BCUT2D eigenvalue weighted by molar-refractivity contribution is -0.124. The Morgan fingerprint density at radius 2 is 2.00 bits per heavy atom. The second-order valence-electron chi connectivity index (χ2n) is 4.47. The molecule has 1 heterocycles. The number of nitrogens with two attached hydrogens (primary N) is 1. The van der Waals surface area contributed by atoms with Crippen LogP contribution in [0.1, 0.15) is 12.0 Å². The molecule has 104 valence electrons. The third-order valence-corrected chi connectivity index (χ3v) is 3.29. The first-order valence-electron chi connectivity index (χ1n) is 6.03. The van der Waals surface area contributed by atoms with Gasteiger partial charge in [-0.05, 0) is 24.1 Å². The first-order valence-corrected chi connectivity index (χ1v) is 6.03. The Labute approximate surface area is 115 Å². The highest BCUT2D eigenvalue weighted by Crippen LogP contribution is 2.31. The Bertz CT molecular complexity index is 607. The van der Waals surface area contributed by atoms with Crippen LogP contribution in [0.3, 0.4) is 0 Å². The van der Waals surface area contributed by atoms with Crippen LogP contribution in [-0.4, -0.2) is 25.1 Å². The minimum atomic E-state index is -1.05. The van der Waals surface area contributed by atoms with E-state index in [2.05, 4.69) is 10.3 Å². The third kappa shape index (κ3) is 2.32. The Morgan fingerprint density at radius 1 is 1.35 bits per heavy atom. The molecule has 0 aromatic heterocycles. The molecule has 1 aliphatic heterocycles. The summed E-state index contributed by atoms with van der Waals surface area (Å²) in [5.74, 6) is -1.32. The van der Waals surface area contributed by atoms with Gasteiger partial charge in [0.15, 0.2) is 0 Å². The summed E-state index contributed by atoms with van der Waals surface area (Å²) < 4.78 is 13.0. The Hall–Kier alpha value is -2.50. The van der Waals surface area contributed by atoms with E-state index in [0.29, 0.717) is 5.56 Å². The standard InChI is InChI=1S/C14H14FN3O2/c1-17-13(20)14(9-2-4-10(15)5-3-9)7-6-11(12(16)19)18-8-14/h2-6,8H,7H2,1H3,(H2,16,19)(H,17,20). The number of carbonyl (C=O) groups excluding carboxylic acids is 2. The number of nitrogens with one attached hydrogen (secondary N) is 1. The number of allylic oxidation sites excluding steroid dienone is 1. The fourth-order valence-corrected chi connectivity index (χ4v) is 2.15. The molecule has 0 aliphatic carbocycles. The number of halogens is 1. The van der Waals surface area contributed by atoms with Crippen molar-refractivity contribution >= 4 is 18.0 Å². The van der Waals surface area contributed by atoms with Crippen molar-refractivity contribution in [3.05, 3.63) is 47.4 Å². The van der Waals surface area contributed by atoms with Crippen LogP contribution in [-0.2, 0) is 15.0 Å². The van der Waals surface area contributed by atoms with Gasteiger partial charge in [-0.3, -0.25) is 14.6 Å². The molecule has 1 unspecified atom stereocenters. The molecule has 2 amide bonds. The van der Waals surface area contributed by atoms with Gasteiger partial charge in [0.25, 0.3) is 5.91 Å². The number of amides is 2. The van der Waals surface area contributed by atoms with Crippen LogP contribution >= 0.6 is 0 Å². The molecule has 0 saturated heterocycles. The van der Waals surface area contributed by atoms with Gasteiger partial charge in [-0.2, -0.15) is 0 Å². The number of hydrogen-bond acceptors (Lipinski definition) is 3. The molecule has 0 spiro atoms. The van der Waals surface area contributed by atoms with Crippen molar-refractivity contribution in [3.8, 4) is 0 Å². The molecule has 0 bridgehead atoms. The number of likely N-dealkylation sites (N-methyl/N-ethyl adjacent to an activating group) is 1. The highest BCUT2D eigenvalue weighted by atomic mass is 19.1. The number of carbonyl (C=O) groups is 2. The van der Waals surface area contributed by atoms with Crippen molar-refractivity contribution in [1.82, 2.24) is 5.32 Å². The van der Waals surface area contributed by atoms with E-state index in [1.807, 2.05) is 0 Å². The maximum Gasteiger partial charge on any atom is 0.266 e. The lowest BCUT2D eigenvalue weighted by Gasteiger charge is -2.29. The quantitative estimate of drug-likeness (QED) is 0.849. The average Bonchev–Trinajstić information content (AvgIpc) is 2.47. The van der Waals surface area contributed by atoms with Gasteiger partial charge in [0.05, 0.1) is 0 Å². The molecular formula is C14H14FN3O2. The maximum absolute atomic E-state index is 13.0. The molecule has 0 saturated carbocycles. The molecule has 1 aromatic carbocycles. The van der Waals surface area contributed by atoms with E-state index in [1.54, 1.807) is 0 Å². The van der Waals surface area contributed by atoms with Crippen molar-refractivity contribution in [1.29, 1.82) is 0 Å². The van der Waals surface area contributed by atoms with Crippen LogP contribution in [0.2, 0.25) is 0 Å². The van der Waals surface area contributed by atoms with Crippen molar-refractivity contribution in [2.24, 2.45) is 10.7 Å².